The van der Waals surface area contributed by atoms with Crippen LogP contribution in [0, 0.1) is 12.8 Å². The number of hydrogen-bond donors (Lipinski definition) is 1. The second-order valence-electron chi connectivity index (χ2n) is 8.16. The van der Waals surface area contributed by atoms with Crippen molar-refractivity contribution in [2.75, 3.05) is 33.7 Å². The number of nitrogens with one attached hydrogen (secondary N) is 1. The van der Waals surface area contributed by atoms with E-state index in [0.29, 0.717) is 12.5 Å². The van der Waals surface area contributed by atoms with E-state index in [2.05, 4.69) is 60.2 Å². The number of likely N-dealkylation sites (N-methyl/N-ethyl adjacent to an activating group) is 1. The maximum atomic E-state index is 12.2. The highest BCUT2D eigenvalue weighted by atomic mass is 32.1. The Bertz CT molecular complexity index is 722. The molecule has 4 nitrogen and oxygen atoms in total. The van der Waals surface area contributed by atoms with Crippen LogP contribution in [0.25, 0.3) is 0 Å². The molecule has 0 radical (unpaired) electrons. The van der Waals surface area contributed by atoms with E-state index >= 15 is 0 Å². The summed E-state index contributed by atoms with van der Waals surface area (Å²) in [5.74, 6) is 0.694. The van der Waals surface area contributed by atoms with Crippen molar-refractivity contribution in [2.24, 2.45) is 5.92 Å². The first-order valence-corrected chi connectivity index (χ1v) is 10.9. The van der Waals surface area contributed by atoms with E-state index in [-0.39, 0.29) is 5.91 Å². The van der Waals surface area contributed by atoms with Gasteiger partial charge in [-0.05, 0) is 69.7 Å². The smallest absolute Gasteiger partial charge is 0.251 e. The molecule has 154 valence electrons. The van der Waals surface area contributed by atoms with Gasteiger partial charge in [0.1, 0.15) is 0 Å². The molecule has 1 N–H and O–H groups in total. The van der Waals surface area contributed by atoms with E-state index in [9.17, 15) is 4.79 Å². The minimum absolute atomic E-state index is 0.000810. The van der Waals surface area contributed by atoms with Crippen molar-refractivity contribution >= 4 is 17.2 Å². The highest BCUT2D eigenvalue weighted by molar-refractivity contribution is 7.11. The van der Waals surface area contributed by atoms with Crippen LogP contribution in [0.4, 0.5) is 0 Å². The van der Waals surface area contributed by atoms with Crippen molar-refractivity contribution in [2.45, 2.75) is 40.3 Å². The summed E-state index contributed by atoms with van der Waals surface area (Å²) in [6.45, 7) is 11.2. The molecule has 1 aromatic carbocycles. The first kappa shape index (κ1) is 22.6. The van der Waals surface area contributed by atoms with Gasteiger partial charge in [0.25, 0.3) is 5.91 Å². The lowest BCUT2D eigenvalue weighted by atomic mass is 10.1. The molecule has 0 spiro atoms. The minimum atomic E-state index is -0.000810. The van der Waals surface area contributed by atoms with Gasteiger partial charge in [-0.1, -0.05) is 26.0 Å². The molecule has 0 unspecified atom stereocenters. The Balaban J connectivity index is 1.95. The Morgan fingerprint density at radius 2 is 1.75 bits per heavy atom. The lowest BCUT2D eigenvalue weighted by Gasteiger charge is -2.23. The molecule has 2 aromatic rings. The van der Waals surface area contributed by atoms with E-state index in [1.165, 1.54) is 21.7 Å². The molecule has 1 amide bonds. The molecule has 0 saturated heterocycles. The van der Waals surface area contributed by atoms with Crippen molar-refractivity contribution in [1.29, 1.82) is 0 Å². The minimum Gasteiger partial charge on any atom is -0.351 e. The number of rotatable bonds is 11. The summed E-state index contributed by atoms with van der Waals surface area (Å²) >= 11 is 1.88. The number of carbonyl (C=O) groups excluding carboxylic acids is 1. The number of thiophene rings is 1. The molecular formula is C23H35N3OS. The number of nitrogens with zero attached hydrogens (tertiary/aromatic N) is 2. The molecule has 0 aliphatic heterocycles. The molecule has 0 bridgehead atoms. The van der Waals surface area contributed by atoms with Gasteiger partial charge in [0.05, 0.1) is 0 Å². The topological polar surface area (TPSA) is 35.6 Å². The molecule has 0 aliphatic carbocycles. The average molecular weight is 402 g/mol. The number of carbonyl (C=O) groups is 1. The van der Waals surface area contributed by atoms with Crippen LogP contribution in [0.2, 0.25) is 0 Å². The van der Waals surface area contributed by atoms with Gasteiger partial charge in [0.15, 0.2) is 0 Å². The fraction of sp³-hybridized carbons (Fsp3) is 0.522. The molecule has 0 fully saturated rings. The molecule has 5 heteroatoms. The predicted molar refractivity (Wildman–Crippen MR) is 120 cm³/mol. The van der Waals surface area contributed by atoms with Gasteiger partial charge in [-0.15, -0.1) is 11.3 Å². The molecule has 1 heterocycles. The number of hydrogen-bond acceptors (Lipinski definition) is 4. The van der Waals surface area contributed by atoms with Crippen LogP contribution in [0.15, 0.2) is 36.4 Å². The molecule has 0 aliphatic rings. The van der Waals surface area contributed by atoms with Gasteiger partial charge in [-0.25, -0.2) is 0 Å². The number of benzene rings is 1. The Morgan fingerprint density at radius 1 is 1.04 bits per heavy atom. The van der Waals surface area contributed by atoms with Gasteiger partial charge >= 0.3 is 0 Å². The van der Waals surface area contributed by atoms with Gasteiger partial charge in [-0.3, -0.25) is 9.69 Å². The van der Waals surface area contributed by atoms with Gasteiger partial charge in [0, 0.05) is 41.5 Å². The SMILES string of the molecule is Cc1ccc(CN(CCC(C)C)Cc2ccc(C(=O)NCCN(C)C)cc2)s1. The predicted octanol–water partition coefficient (Wildman–Crippen LogP) is 4.40. The fourth-order valence-electron chi connectivity index (χ4n) is 2.96. The average Bonchev–Trinajstić information content (AvgIpc) is 3.04. The lowest BCUT2D eigenvalue weighted by Crippen LogP contribution is -2.31. The standard InChI is InChI=1S/C23H35N3OS/c1-18(2)12-14-26(17-22-11-6-19(3)28-22)16-20-7-9-21(10-8-20)23(27)24-13-15-25(4)5/h6-11,18H,12-17H2,1-5H3,(H,24,27). The maximum absolute atomic E-state index is 12.2. The first-order chi connectivity index (χ1) is 13.3. The van der Waals surface area contributed by atoms with Crippen LogP contribution in [0.3, 0.4) is 0 Å². The monoisotopic (exact) mass is 401 g/mol. The highest BCUT2D eigenvalue weighted by Crippen LogP contribution is 2.19. The Labute approximate surface area is 174 Å². The normalized spacial score (nSPS) is 11.6. The summed E-state index contributed by atoms with van der Waals surface area (Å²) in [5, 5.41) is 2.97. The van der Waals surface area contributed by atoms with Gasteiger partial charge in [-0.2, -0.15) is 0 Å². The Morgan fingerprint density at radius 3 is 2.32 bits per heavy atom. The van der Waals surface area contributed by atoms with Crippen molar-refractivity contribution in [3.63, 3.8) is 0 Å². The van der Waals surface area contributed by atoms with Crippen LogP contribution < -0.4 is 5.32 Å². The highest BCUT2D eigenvalue weighted by Gasteiger charge is 2.11. The summed E-state index contributed by atoms with van der Waals surface area (Å²) in [5.41, 5.74) is 1.98. The van der Waals surface area contributed by atoms with E-state index in [1.54, 1.807) is 0 Å². The van der Waals surface area contributed by atoms with Crippen molar-refractivity contribution in [3.8, 4) is 0 Å². The van der Waals surface area contributed by atoms with Crippen LogP contribution in [0.1, 0.15) is 45.9 Å². The van der Waals surface area contributed by atoms with Crippen LogP contribution in [-0.2, 0) is 13.1 Å². The summed E-state index contributed by atoms with van der Waals surface area (Å²) in [7, 11) is 4.01. The zero-order valence-corrected chi connectivity index (χ0v) is 18.8. The van der Waals surface area contributed by atoms with Crippen LogP contribution >= 0.6 is 11.3 Å². The first-order valence-electron chi connectivity index (χ1n) is 10.1. The molecule has 1 aromatic heterocycles. The van der Waals surface area contributed by atoms with Crippen molar-refractivity contribution in [3.05, 3.63) is 57.3 Å². The summed E-state index contributed by atoms with van der Waals surface area (Å²) in [6.07, 6.45) is 1.19. The maximum Gasteiger partial charge on any atom is 0.251 e. The fourth-order valence-corrected chi connectivity index (χ4v) is 3.89. The molecule has 0 saturated carbocycles. The van der Waals surface area contributed by atoms with Crippen LogP contribution in [-0.4, -0.2) is 49.4 Å². The van der Waals surface area contributed by atoms with E-state index in [0.717, 1.165) is 31.7 Å². The molecule has 28 heavy (non-hydrogen) atoms. The van der Waals surface area contributed by atoms with Crippen LogP contribution in [0.5, 0.6) is 0 Å². The molecule has 2 rings (SSSR count). The molecule has 0 atom stereocenters. The second-order valence-corrected chi connectivity index (χ2v) is 9.53. The van der Waals surface area contributed by atoms with E-state index in [1.807, 2.05) is 37.6 Å². The van der Waals surface area contributed by atoms with E-state index in [4.69, 9.17) is 0 Å². The van der Waals surface area contributed by atoms with Gasteiger partial charge < -0.3 is 10.2 Å². The third-order valence-electron chi connectivity index (χ3n) is 4.67. The third kappa shape index (κ3) is 8.13. The van der Waals surface area contributed by atoms with Crippen molar-refractivity contribution in [1.82, 2.24) is 15.1 Å². The number of aryl methyl sites for hydroxylation is 1. The third-order valence-corrected chi connectivity index (χ3v) is 5.65. The van der Waals surface area contributed by atoms with E-state index < -0.39 is 0 Å². The summed E-state index contributed by atoms with van der Waals surface area (Å²) in [6, 6.07) is 12.5. The molecular weight excluding hydrogens is 366 g/mol. The summed E-state index contributed by atoms with van der Waals surface area (Å²) < 4.78 is 0. The quantitative estimate of drug-likeness (QED) is 0.606. The Hall–Kier alpha value is -1.69. The zero-order valence-electron chi connectivity index (χ0n) is 18.0. The Kier molecular flexibility index (Phi) is 9.16. The number of amides is 1. The summed E-state index contributed by atoms with van der Waals surface area (Å²) in [4.78, 5) is 19.6. The lowest BCUT2D eigenvalue weighted by molar-refractivity contribution is 0.0951. The zero-order chi connectivity index (χ0) is 20.5. The van der Waals surface area contributed by atoms with Crippen molar-refractivity contribution < 1.29 is 4.79 Å². The second kappa shape index (κ2) is 11.3. The van der Waals surface area contributed by atoms with Gasteiger partial charge in [0.2, 0.25) is 0 Å². The largest absolute Gasteiger partial charge is 0.351 e.